The average molecular weight is 523 g/mol. The van der Waals surface area contributed by atoms with Crippen molar-refractivity contribution in [1.82, 2.24) is 24.5 Å². The number of alkyl halides is 3. The standard InChI is InChI=1S/C28H29F3N6O/c1-18-17-35(14-15-36(18)26(38)20-10-7-11-21(16-20)28(29,30)31)27-32-23-13-6-5-12-22(23)25-34-33-24(37(25)27)19-8-3-2-4-9-19/h5-7,10-13,16,18-19H,2-4,8-9,14-15,17H2,1H3/t18-/m0/s1. The van der Waals surface area contributed by atoms with Gasteiger partial charge in [0.1, 0.15) is 5.82 Å². The van der Waals surface area contributed by atoms with Crippen molar-refractivity contribution in [3.63, 3.8) is 0 Å². The monoisotopic (exact) mass is 522 g/mol. The number of piperazine rings is 1. The molecule has 4 aromatic rings. The van der Waals surface area contributed by atoms with Crippen molar-refractivity contribution >= 4 is 28.4 Å². The number of carbonyl (C=O) groups is 1. The molecule has 2 aliphatic rings. The number of aromatic nitrogens is 4. The maximum Gasteiger partial charge on any atom is 0.416 e. The summed E-state index contributed by atoms with van der Waals surface area (Å²) in [6.45, 7) is 3.28. The number of fused-ring (bicyclic) bond motifs is 3. The zero-order valence-electron chi connectivity index (χ0n) is 21.2. The van der Waals surface area contributed by atoms with E-state index in [-0.39, 0.29) is 11.6 Å². The van der Waals surface area contributed by atoms with Crippen LogP contribution in [0.2, 0.25) is 0 Å². The first-order chi connectivity index (χ1) is 18.3. The second-order valence-corrected chi connectivity index (χ2v) is 10.4. The summed E-state index contributed by atoms with van der Waals surface area (Å²) in [5.74, 6) is 1.61. The molecule has 2 fully saturated rings. The summed E-state index contributed by atoms with van der Waals surface area (Å²) in [6, 6.07) is 12.3. The molecule has 1 saturated carbocycles. The molecule has 38 heavy (non-hydrogen) atoms. The predicted molar refractivity (Wildman–Crippen MR) is 138 cm³/mol. The summed E-state index contributed by atoms with van der Waals surface area (Å²) >= 11 is 0. The van der Waals surface area contributed by atoms with E-state index in [9.17, 15) is 18.0 Å². The van der Waals surface area contributed by atoms with E-state index >= 15 is 0 Å². The number of rotatable bonds is 3. The van der Waals surface area contributed by atoms with Crippen LogP contribution >= 0.6 is 0 Å². The topological polar surface area (TPSA) is 66.6 Å². The molecule has 0 spiro atoms. The Bertz CT molecular complexity index is 1490. The number of amides is 1. The Morgan fingerprint density at radius 2 is 1.76 bits per heavy atom. The molecule has 198 valence electrons. The maximum absolute atomic E-state index is 13.2. The maximum atomic E-state index is 13.2. The minimum atomic E-state index is -4.50. The highest BCUT2D eigenvalue weighted by Gasteiger charge is 2.34. The van der Waals surface area contributed by atoms with E-state index in [4.69, 9.17) is 4.98 Å². The third-order valence-corrected chi connectivity index (χ3v) is 7.83. The smallest absolute Gasteiger partial charge is 0.338 e. The van der Waals surface area contributed by atoms with Gasteiger partial charge in [-0.2, -0.15) is 13.2 Å². The van der Waals surface area contributed by atoms with Crippen molar-refractivity contribution in [2.45, 2.75) is 57.2 Å². The molecule has 0 unspecified atom stereocenters. The number of hydrogen-bond donors (Lipinski definition) is 0. The van der Waals surface area contributed by atoms with E-state index in [0.717, 1.165) is 53.3 Å². The van der Waals surface area contributed by atoms with E-state index in [1.54, 1.807) is 4.90 Å². The second kappa shape index (κ2) is 9.56. The van der Waals surface area contributed by atoms with Crippen molar-refractivity contribution in [2.24, 2.45) is 0 Å². The summed E-state index contributed by atoms with van der Waals surface area (Å²) < 4.78 is 41.7. The molecule has 1 aliphatic heterocycles. The first-order valence-corrected chi connectivity index (χ1v) is 13.2. The van der Waals surface area contributed by atoms with Crippen molar-refractivity contribution in [2.75, 3.05) is 24.5 Å². The van der Waals surface area contributed by atoms with E-state index < -0.39 is 17.6 Å². The number of benzene rings is 2. The Kier molecular flexibility index (Phi) is 6.20. The molecule has 1 atom stereocenters. The van der Waals surface area contributed by atoms with Gasteiger partial charge >= 0.3 is 6.18 Å². The zero-order valence-corrected chi connectivity index (χ0v) is 21.2. The fourth-order valence-corrected chi connectivity index (χ4v) is 5.86. The molecular formula is C28H29F3N6O. The zero-order chi connectivity index (χ0) is 26.4. The molecule has 0 radical (unpaired) electrons. The fourth-order valence-electron chi connectivity index (χ4n) is 5.86. The van der Waals surface area contributed by atoms with Gasteiger partial charge in [-0.3, -0.25) is 4.79 Å². The Balaban J connectivity index is 1.33. The van der Waals surface area contributed by atoms with Crippen LogP contribution in [0.15, 0.2) is 48.5 Å². The van der Waals surface area contributed by atoms with Crippen molar-refractivity contribution in [1.29, 1.82) is 0 Å². The Morgan fingerprint density at radius 3 is 2.53 bits per heavy atom. The second-order valence-electron chi connectivity index (χ2n) is 10.4. The van der Waals surface area contributed by atoms with E-state index in [0.29, 0.717) is 25.6 Å². The molecule has 10 heteroatoms. The molecule has 6 rings (SSSR count). The summed E-state index contributed by atoms with van der Waals surface area (Å²) in [4.78, 5) is 22.1. The summed E-state index contributed by atoms with van der Waals surface area (Å²) in [6.07, 6.45) is 1.22. The van der Waals surface area contributed by atoms with Crippen LogP contribution in [0.4, 0.5) is 19.1 Å². The van der Waals surface area contributed by atoms with Crippen LogP contribution < -0.4 is 4.90 Å². The summed E-state index contributed by atoms with van der Waals surface area (Å²) in [5, 5.41) is 10.2. The van der Waals surface area contributed by atoms with Crippen molar-refractivity contribution in [3.8, 4) is 0 Å². The van der Waals surface area contributed by atoms with Crippen LogP contribution in [0.25, 0.3) is 16.6 Å². The highest BCUT2D eigenvalue weighted by molar-refractivity contribution is 5.95. The SMILES string of the molecule is C[C@H]1CN(c2nc3ccccc3c3nnc(C4CCCCC4)n23)CCN1C(=O)c1cccc(C(F)(F)F)c1. The highest BCUT2D eigenvalue weighted by Crippen LogP contribution is 2.35. The van der Waals surface area contributed by atoms with Gasteiger partial charge in [-0.05, 0) is 50.1 Å². The van der Waals surface area contributed by atoms with Crippen LogP contribution in [0.1, 0.15) is 66.7 Å². The highest BCUT2D eigenvalue weighted by atomic mass is 19.4. The van der Waals surface area contributed by atoms with Gasteiger partial charge in [-0.1, -0.05) is 37.5 Å². The number of halogens is 3. The van der Waals surface area contributed by atoms with Crippen molar-refractivity contribution < 1.29 is 18.0 Å². The van der Waals surface area contributed by atoms with Crippen LogP contribution in [0.5, 0.6) is 0 Å². The van der Waals surface area contributed by atoms with Gasteiger partial charge in [-0.25, -0.2) is 9.38 Å². The van der Waals surface area contributed by atoms with Gasteiger partial charge in [0.25, 0.3) is 5.91 Å². The number of para-hydroxylation sites is 1. The van der Waals surface area contributed by atoms with Gasteiger partial charge in [0.2, 0.25) is 5.95 Å². The predicted octanol–water partition coefficient (Wildman–Crippen LogP) is 5.69. The summed E-state index contributed by atoms with van der Waals surface area (Å²) in [7, 11) is 0. The van der Waals surface area contributed by atoms with Crippen LogP contribution in [0.3, 0.4) is 0 Å². The molecule has 7 nitrogen and oxygen atoms in total. The molecule has 3 heterocycles. The van der Waals surface area contributed by atoms with Crippen LogP contribution in [-0.4, -0.2) is 56.1 Å². The number of anilines is 1. The van der Waals surface area contributed by atoms with Gasteiger partial charge in [0.15, 0.2) is 5.65 Å². The lowest BCUT2D eigenvalue weighted by Crippen LogP contribution is -2.54. The minimum Gasteiger partial charge on any atom is -0.338 e. The first kappa shape index (κ1) is 24.6. The Hall–Kier alpha value is -3.69. The molecule has 1 saturated heterocycles. The van der Waals surface area contributed by atoms with Gasteiger partial charge in [0.05, 0.1) is 11.1 Å². The lowest BCUT2D eigenvalue weighted by Gasteiger charge is -2.40. The van der Waals surface area contributed by atoms with Crippen LogP contribution in [0, 0.1) is 0 Å². The Labute approximate surface area is 218 Å². The largest absolute Gasteiger partial charge is 0.416 e. The van der Waals surface area contributed by atoms with Crippen molar-refractivity contribution in [3.05, 3.63) is 65.5 Å². The quantitative estimate of drug-likeness (QED) is 0.346. The normalized spacial score (nSPS) is 19.4. The van der Waals surface area contributed by atoms with Gasteiger partial charge in [-0.15, -0.1) is 10.2 Å². The van der Waals surface area contributed by atoms with E-state index in [1.165, 1.54) is 31.4 Å². The summed E-state index contributed by atoms with van der Waals surface area (Å²) in [5.41, 5.74) is 0.832. The third-order valence-electron chi connectivity index (χ3n) is 7.83. The fraction of sp³-hybridized carbons (Fsp3) is 0.429. The average Bonchev–Trinajstić information content (AvgIpc) is 3.38. The molecule has 2 aromatic carbocycles. The molecule has 0 N–H and O–H groups in total. The van der Waals surface area contributed by atoms with Crippen LogP contribution in [-0.2, 0) is 6.18 Å². The lowest BCUT2D eigenvalue weighted by molar-refractivity contribution is -0.137. The lowest BCUT2D eigenvalue weighted by atomic mass is 9.89. The molecular weight excluding hydrogens is 493 g/mol. The van der Waals surface area contributed by atoms with E-state index in [1.807, 2.05) is 31.2 Å². The van der Waals surface area contributed by atoms with E-state index in [2.05, 4.69) is 19.5 Å². The molecule has 2 aromatic heterocycles. The first-order valence-electron chi connectivity index (χ1n) is 13.2. The Morgan fingerprint density at radius 1 is 0.974 bits per heavy atom. The molecule has 0 bridgehead atoms. The minimum absolute atomic E-state index is 0.0461. The number of nitrogens with zero attached hydrogens (tertiary/aromatic N) is 6. The van der Waals surface area contributed by atoms with Gasteiger partial charge in [0, 0.05) is 42.5 Å². The number of hydrogen-bond acceptors (Lipinski definition) is 5. The molecule has 1 aliphatic carbocycles. The number of carbonyl (C=O) groups excluding carboxylic acids is 1. The third kappa shape index (κ3) is 4.35. The van der Waals surface area contributed by atoms with Gasteiger partial charge < -0.3 is 9.80 Å². The molecule has 1 amide bonds.